The van der Waals surface area contributed by atoms with Crippen LogP contribution in [0.15, 0.2) is 12.2 Å². The zero-order chi connectivity index (χ0) is 10.2. The minimum Gasteiger partial charge on any atom is -0.396 e. The summed E-state index contributed by atoms with van der Waals surface area (Å²) in [5.74, 6) is 1.78. The van der Waals surface area contributed by atoms with E-state index in [0.29, 0.717) is 6.61 Å². The Bertz CT molecular complexity index is 163. The first-order valence-electron chi connectivity index (χ1n) is 6.14. The van der Waals surface area contributed by atoms with Gasteiger partial charge in [-0.3, -0.25) is 0 Å². The van der Waals surface area contributed by atoms with E-state index < -0.39 is 0 Å². The minimum absolute atomic E-state index is 0.382. The lowest BCUT2D eigenvalue weighted by Crippen LogP contribution is -1.87. The van der Waals surface area contributed by atoms with Crippen LogP contribution in [-0.4, -0.2) is 11.7 Å². The summed E-state index contributed by atoms with van der Waals surface area (Å²) in [4.78, 5) is 0. The molecule has 0 spiro atoms. The Balaban J connectivity index is 1.88. The predicted octanol–water partition coefficient (Wildman–Crippen LogP) is 3.53. The van der Waals surface area contributed by atoms with Gasteiger partial charge in [0.05, 0.1) is 0 Å². The van der Waals surface area contributed by atoms with Crippen molar-refractivity contribution in [2.45, 2.75) is 51.9 Å². The Labute approximate surface area is 88.2 Å². The second-order valence-corrected chi connectivity index (χ2v) is 4.46. The molecule has 1 aliphatic rings. The molecule has 0 aromatic heterocycles. The van der Waals surface area contributed by atoms with E-state index in [-0.39, 0.29) is 0 Å². The van der Waals surface area contributed by atoms with Gasteiger partial charge in [-0.25, -0.2) is 0 Å². The van der Waals surface area contributed by atoms with Crippen molar-refractivity contribution in [3.05, 3.63) is 12.2 Å². The molecule has 0 aliphatic heterocycles. The SMILES string of the molecule is CCCC/C=C\CC[C@@H]1C[C@@H]1CCO. The highest BCUT2D eigenvalue weighted by atomic mass is 16.3. The van der Waals surface area contributed by atoms with Crippen LogP contribution in [0.4, 0.5) is 0 Å². The second-order valence-electron chi connectivity index (χ2n) is 4.46. The Kier molecular flexibility index (Phi) is 5.93. The fraction of sp³-hybridized carbons (Fsp3) is 0.846. The first kappa shape index (κ1) is 11.8. The highest BCUT2D eigenvalue weighted by Crippen LogP contribution is 2.44. The molecule has 1 saturated carbocycles. The van der Waals surface area contributed by atoms with Crippen LogP contribution >= 0.6 is 0 Å². The monoisotopic (exact) mass is 196 g/mol. The second kappa shape index (κ2) is 7.05. The summed E-state index contributed by atoms with van der Waals surface area (Å²) >= 11 is 0. The summed E-state index contributed by atoms with van der Waals surface area (Å²) in [6, 6.07) is 0. The molecule has 1 heteroatoms. The fourth-order valence-electron chi connectivity index (χ4n) is 2.05. The molecule has 82 valence electrons. The van der Waals surface area contributed by atoms with Crippen LogP contribution in [0.2, 0.25) is 0 Å². The van der Waals surface area contributed by atoms with Crippen molar-refractivity contribution in [3.8, 4) is 0 Å². The van der Waals surface area contributed by atoms with Gasteiger partial charge in [0.25, 0.3) is 0 Å². The van der Waals surface area contributed by atoms with Crippen molar-refractivity contribution >= 4 is 0 Å². The van der Waals surface area contributed by atoms with Gasteiger partial charge >= 0.3 is 0 Å². The summed E-state index contributed by atoms with van der Waals surface area (Å²) in [6.45, 7) is 2.62. The molecule has 0 radical (unpaired) electrons. The van der Waals surface area contributed by atoms with E-state index in [1.807, 2.05) is 0 Å². The van der Waals surface area contributed by atoms with Crippen LogP contribution in [-0.2, 0) is 0 Å². The quantitative estimate of drug-likeness (QED) is 0.465. The lowest BCUT2D eigenvalue weighted by Gasteiger charge is -1.95. The molecule has 0 unspecified atom stereocenters. The predicted molar refractivity (Wildman–Crippen MR) is 61.2 cm³/mol. The maximum atomic E-state index is 8.75. The lowest BCUT2D eigenvalue weighted by atomic mass is 10.1. The normalized spacial score (nSPS) is 25.9. The molecule has 0 amide bonds. The van der Waals surface area contributed by atoms with Gasteiger partial charge in [-0.1, -0.05) is 31.9 Å². The molecule has 14 heavy (non-hydrogen) atoms. The number of unbranched alkanes of at least 4 members (excludes halogenated alkanes) is 2. The molecule has 1 fully saturated rings. The average Bonchev–Trinajstić information content (AvgIpc) is 2.91. The maximum Gasteiger partial charge on any atom is 0.0433 e. The Morgan fingerprint density at radius 2 is 1.86 bits per heavy atom. The minimum atomic E-state index is 0.382. The third-order valence-corrected chi connectivity index (χ3v) is 3.16. The number of hydrogen-bond acceptors (Lipinski definition) is 1. The van der Waals surface area contributed by atoms with Gasteiger partial charge in [0, 0.05) is 6.61 Å². The van der Waals surface area contributed by atoms with E-state index in [0.717, 1.165) is 18.3 Å². The number of allylic oxidation sites excluding steroid dienone is 2. The number of aliphatic hydroxyl groups excluding tert-OH is 1. The van der Waals surface area contributed by atoms with Crippen molar-refractivity contribution in [2.24, 2.45) is 11.8 Å². The van der Waals surface area contributed by atoms with Crippen LogP contribution in [0.1, 0.15) is 51.9 Å². The fourth-order valence-corrected chi connectivity index (χ4v) is 2.05. The highest BCUT2D eigenvalue weighted by molar-refractivity contribution is 4.89. The van der Waals surface area contributed by atoms with Gasteiger partial charge < -0.3 is 5.11 Å². The molecule has 0 heterocycles. The first-order chi connectivity index (χ1) is 6.88. The average molecular weight is 196 g/mol. The topological polar surface area (TPSA) is 20.2 Å². The summed E-state index contributed by atoms with van der Waals surface area (Å²) in [5, 5.41) is 8.75. The summed E-state index contributed by atoms with van der Waals surface area (Å²) in [6.07, 6.45) is 13.5. The summed E-state index contributed by atoms with van der Waals surface area (Å²) in [7, 11) is 0. The molecule has 0 bridgehead atoms. The molecule has 1 N–H and O–H groups in total. The molecular formula is C13H24O. The van der Waals surface area contributed by atoms with E-state index >= 15 is 0 Å². The lowest BCUT2D eigenvalue weighted by molar-refractivity contribution is 0.276. The van der Waals surface area contributed by atoms with Crippen molar-refractivity contribution in [1.82, 2.24) is 0 Å². The molecule has 0 aromatic rings. The number of rotatable bonds is 8. The standard InChI is InChI=1S/C13H24O/c1-2-3-4-5-6-7-8-12-11-13(12)9-10-14/h5-6,12-14H,2-4,7-11H2,1H3/b6-5-/t12-,13+/m1/s1. The highest BCUT2D eigenvalue weighted by Gasteiger charge is 2.34. The summed E-state index contributed by atoms with van der Waals surface area (Å²) in [5.41, 5.74) is 0. The molecule has 1 aliphatic carbocycles. The van der Waals surface area contributed by atoms with Gasteiger partial charge in [-0.05, 0) is 43.9 Å². The third-order valence-electron chi connectivity index (χ3n) is 3.16. The van der Waals surface area contributed by atoms with Crippen molar-refractivity contribution in [3.63, 3.8) is 0 Å². The molecule has 1 nitrogen and oxygen atoms in total. The van der Waals surface area contributed by atoms with Crippen molar-refractivity contribution in [2.75, 3.05) is 6.61 Å². The zero-order valence-electron chi connectivity index (χ0n) is 9.41. The zero-order valence-corrected chi connectivity index (χ0v) is 9.41. The number of hydrogen-bond donors (Lipinski definition) is 1. The maximum absolute atomic E-state index is 8.75. The van der Waals surface area contributed by atoms with Crippen LogP contribution < -0.4 is 0 Å². The van der Waals surface area contributed by atoms with Gasteiger partial charge in [0.2, 0.25) is 0 Å². The van der Waals surface area contributed by atoms with Gasteiger partial charge in [0.1, 0.15) is 0 Å². The summed E-state index contributed by atoms with van der Waals surface area (Å²) < 4.78 is 0. The van der Waals surface area contributed by atoms with E-state index in [9.17, 15) is 0 Å². The largest absolute Gasteiger partial charge is 0.396 e. The van der Waals surface area contributed by atoms with Gasteiger partial charge in [-0.15, -0.1) is 0 Å². The number of aliphatic hydroxyl groups is 1. The van der Waals surface area contributed by atoms with Crippen LogP contribution in [0.3, 0.4) is 0 Å². The van der Waals surface area contributed by atoms with E-state index in [4.69, 9.17) is 5.11 Å². The Hall–Kier alpha value is -0.300. The molecule has 0 aromatic carbocycles. The third kappa shape index (κ3) is 4.80. The Morgan fingerprint density at radius 1 is 1.14 bits per heavy atom. The molecular weight excluding hydrogens is 172 g/mol. The van der Waals surface area contributed by atoms with Crippen molar-refractivity contribution < 1.29 is 5.11 Å². The van der Waals surface area contributed by atoms with E-state index in [2.05, 4.69) is 19.1 Å². The Morgan fingerprint density at radius 3 is 2.57 bits per heavy atom. The van der Waals surface area contributed by atoms with Crippen molar-refractivity contribution in [1.29, 1.82) is 0 Å². The molecule has 2 atom stereocenters. The van der Waals surface area contributed by atoms with Crippen LogP contribution in [0, 0.1) is 11.8 Å². The van der Waals surface area contributed by atoms with Gasteiger partial charge in [-0.2, -0.15) is 0 Å². The van der Waals surface area contributed by atoms with Crippen LogP contribution in [0.25, 0.3) is 0 Å². The van der Waals surface area contributed by atoms with Crippen LogP contribution in [0.5, 0.6) is 0 Å². The molecule has 0 saturated heterocycles. The first-order valence-corrected chi connectivity index (χ1v) is 6.14. The van der Waals surface area contributed by atoms with E-state index in [1.165, 1.54) is 38.5 Å². The smallest absolute Gasteiger partial charge is 0.0433 e. The van der Waals surface area contributed by atoms with Gasteiger partial charge in [0.15, 0.2) is 0 Å². The molecule has 1 rings (SSSR count). The van der Waals surface area contributed by atoms with E-state index in [1.54, 1.807) is 0 Å².